The number of hydrogen-bond donors (Lipinski definition) is 2. The fraction of sp³-hybridized carbons (Fsp3) is 0.154. The third-order valence-electron chi connectivity index (χ3n) is 2.73. The molecule has 1 heterocycles. The summed E-state index contributed by atoms with van der Waals surface area (Å²) in [6, 6.07) is 5.57. The maximum atomic E-state index is 12.7. The fourth-order valence-corrected chi connectivity index (χ4v) is 3.55. The van der Waals surface area contributed by atoms with Gasteiger partial charge < -0.3 is 5.73 Å². The molecule has 0 bridgehead atoms. The number of nitrogens with zero attached hydrogens (tertiary/aromatic N) is 1. The molecule has 0 aliphatic heterocycles. The molecule has 0 atom stereocenters. The van der Waals surface area contributed by atoms with Gasteiger partial charge in [-0.25, -0.2) is 13.4 Å². The number of anilines is 2. The average Bonchev–Trinajstić information content (AvgIpc) is 2.30. The third-order valence-corrected chi connectivity index (χ3v) is 4.42. The summed E-state index contributed by atoms with van der Waals surface area (Å²) in [5.74, 6) is -0.673. The number of pyridine rings is 1. The predicted molar refractivity (Wildman–Crippen MR) is 75.3 cm³/mol. The summed E-state index contributed by atoms with van der Waals surface area (Å²) in [4.78, 5) is 3.57. The van der Waals surface area contributed by atoms with Crippen molar-refractivity contribution in [3.8, 4) is 0 Å². The summed E-state index contributed by atoms with van der Waals surface area (Å²) in [6.45, 7) is 3.33. The molecule has 0 saturated heterocycles. The Morgan fingerprint density at radius 2 is 1.80 bits per heavy atom. The molecule has 2 aromatic rings. The van der Waals surface area contributed by atoms with Crippen molar-refractivity contribution in [3.05, 3.63) is 47.5 Å². The van der Waals surface area contributed by atoms with Crippen molar-refractivity contribution in [2.75, 3.05) is 10.5 Å². The Morgan fingerprint density at radius 3 is 2.30 bits per heavy atom. The number of halogens is 1. The lowest BCUT2D eigenvalue weighted by atomic mass is 10.1. The minimum atomic E-state index is -3.77. The summed E-state index contributed by atoms with van der Waals surface area (Å²) in [5, 5.41) is 0. The molecule has 1 aromatic heterocycles. The Hall–Kier alpha value is -2.15. The molecule has 7 heteroatoms. The molecular formula is C13H14FN3O2S. The van der Waals surface area contributed by atoms with E-state index in [0.717, 1.165) is 12.3 Å². The number of benzene rings is 1. The minimum Gasteiger partial charge on any atom is -0.399 e. The predicted octanol–water partition coefficient (Wildman–Crippen LogP) is 2.22. The van der Waals surface area contributed by atoms with Gasteiger partial charge in [0.05, 0.1) is 16.8 Å². The summed E-state index contributed by atoms with van der Waals surface area (Å²) >= 11 is 0. The molecule has 0 aliphatic rings. The molecule has 0 unspecified atom stereocenters. The van der Waals surface area contributed by atoms with Crippen LogP contribution in [0.2, 0.25) is 0 Å². The van der Waals surface area contributed by atoms with Gasteiger partial charge >= 0.3 is 0 Å². The number of nitrogen functional groups attached to an aromatic ring is 1. The van der Waals surface area contributed by atoms with Gasteiger partial charge in [0, 0.05) is 5.69 Å². The summed E-state index contributed by atoms with van der Waals surface area (Å²) < 4.78 is 39.8. The van der Waals surface area contributed by atoms with Gasteiger partial charge in [0.1, 0.15) is 0 Å². The number of sulfonamides is 1. The standard InChI is InChI=1S/C13H14FN3O2S/c1-8-5-10(15)6-9(2)13(8)20(18,19)17-11-3-4-12(14)16-7-11/h3-7,17H,15H2,1-2H3. The zero-order chi connectivity index (χ0) is 14.9. The van der Waals surface area contributed by atoms with Crippen LogP contribution in [0, 0.1) is 19.8 Å². The summed E-state index contributed by atoms with van der Waals surface area (Å²) in [7, 11) is -3.77. The van der Waals surface area contributed by atoms with Gasteiger partial charge in [-0.15, -0.1) is 0 Å². The van der Waals surface area contributed by atoms with Crippen LogP contribution in [0.3, 0.4) is 0 Å². The quantitative estimate of drug-likeness (QED) is 0.671. The van der Waals surface area contributed by atoms with Crippen LogP contribution in [0.15, 0.2) is 35.4 Å². The second-order valence-electron chi connectivity index (χ2n) is 4.46. The molecule has 0 amide bonds. The first kappa shape index (κ1) is 14.3. The molecule has 106 valence electrons. The maximum Gasteiger partial charge on any atom is 0.262 e. The average molecular weight is 295 g/mol. The van der Waals surface area contributed by atoms with Gasteiger partial charge in [0.2, 0.25) is 5.95 Å². The van der Waals surface area contributed by atoms with E-state index in [0.29, 0.717) is 16.8 Å². The molecule has 20 heavy (non-hydrogen) atoms. The number of nitrogens with two attached hydrogens (primary N) is 1. The lowest BCUT2D eigenvalue weighted by Gasteiger charge is -2.13. The van der Waals surface area contributed by atoms with Crippen LogP contribution in [0.4, 0.5) is 15.8 Å². The number of aromatic nitrogens is 1. The Balaban J connectivity index is 2.43. The summed E-state index contributed by atoms with van der Waals surface area (Å²) in [6.07, 6.45) is 1.12. The lowest BCUT2D eigenvalue weighted by molar-refractivity contribution is 0.583. The van der Waals surface area contributed by atoms with Crippen LogP contribution >= 0.6 is 0 Å². The lowest BCUT2D eigenvalue weighted by Crippen LogP contribution is -2.16. The van der Waals surface area contributed by atoms with E-state index in [-0.39, 0.29) is 10.6 Å². The first-order valence-electron chi connectivity index (χ1n) is 5.81. The van der Waals surface area contributed by atoms with Crippen molar-refractivity contribution < 1.29 is 12.8 Å². The van der Waals surface area contributed by atoms with Crippen molar-refractivity contribution in [2.24, 2.45) is 0 Å². The van der Waals surface area contributed by atoms with Crippen LogP contribution in [-0.2, 0) is 10.0 Å². The van der Waals surface area contributed by atoms with E-state index in [4.69, 9.17) is 5.73 Å². The van der Waals surface area contributed by atoms with Gasteiger partial charge in [0.15, 0.2) is 0 Å². The van der Waals surface area contributed by atoms with E-state index in [1.54, 1.807) is 26.0 Å². The van der Waals surface area contributed by atoms with Gasteiger partial charge in [-0.3, -0.25) is 4.72 Å². The third kappa shape index (κ3) is 2.88. The summed E-state index contributed by atoms with van der Waals surface area (Å²) in [5.41, 5.74) is 7.47. The molecular weight excluding hydrogens is 281 g/mol. The highest BCUT2D eigenvalue weighted by molar-refractivity contribution is 7.92. The SMILES string of the molecule is Cc1cc(N)cc(C)c1S(=O)(=O)Nc1ccc(F)nc1. The largest absolute Gasteiger partial charge is 0.399 e. The minimum absolute atomic E-state index is 0.163. The molecule has 5 nitrogen and oxygen atoms in total. The van der Waals surface area contributed by atoms with Crippen LogP contribution in [0.1, 0.15) is 11.1 Å². The molecule has 0 aliphatic carbocycles. The van der Waals surface area contributed by atoms with E-state index in [1.807, 2.05) is 0 Å². The van der Waals surface area contributed by atoms with E-state index in [9.17, 15) is 12.8 Å². The normalized spacial score (nSPS) is 11.3. The molecule has 2 rings (SSSR count). The molecule has 0 saturated carbocycles. The van der Waals surface area contributed by atoms with E-state index >= 15 is 0 Å². The molecule has 1 aromatic carbocycles. The molecule has 0 spiro atoms. The first-order chi connectivity index (χ1) is 9.29. The number of rotatable bonds is 3. The number of nitrogens with one attached hydrogen (secondary N) is 1. The van der Waals surface area contributed by atoms with Crippen molar-refractivity contribution >= 4 is 21.4 Å². The van der Waals surface area contributed by atoms with Crippen LogP contribution in [0.25, 0.3) is 0 Å². The van der Waals surface area contributed by atoms with Gasteiger partial charge in [-0.05, 0) is 49.2 Å². The zero-order valence-corrected chi connectivity index (χ0v) is 11.8. The van der Waals surface area contributed by atoms with Gasteiger partial charge in [-0.1, -0.05) is 0 Å². The van der Waals surface area contributed by atoms with Crippen LogP contribution in [0.5, 0.6) is 0 Å². The van der Waals surface area contributed by atoms with Crippen molar-refractivity contribution in [1.82, 2.24) is 4.98 Å². The van der Waals surface area contributed by atoms with Crippen LogP contribution < -0.4 is 10.5 Å². The highest BCUT2D eigenvalue weighted by Gasteiger charge is 2.20. The van der Waals surface area contributed by atoms with Crippen LogP contribution in [-0.4, -0.2) is 13.4 Å². The monoisotopic (exact) mass is 295 g/mol. The Bertz CT molecular complexity index is 720. The topological polar surface area (TPSA) is 85.1 Å². The molecule has 0 fully saturated rings. The highest BCUT2D eigenvalue weighted by atomic mass is 32.2. The van der Waals surface area contributed by atoms with E-state index in [2.05, 4.69) is 9.71 Å². The van der Waals surface area contributed by atoms with E-state index < -0.39 is 16.0 Å². The van der Waals surface area contributed by atoms with Crippen molar-refractivity contribution in [3.63, 3.8) is 0 Å². The Kier molecular flexibility index (Phi) is 3.63. The smallest absolute Gasteiger partial charge is 0.262 e. The van der Waals surface area contributed by atoms with Crippen molar-refractivity contribution in [1.29, 1.82) is 0 Å². The fourth-order valence-electron chi connectivity index (χ4n) is 2.05. The Labute approximate surface area is 116 Å². The zero-order valence-electron chi connectivity index (χ0n) is 11.0. The van der Waals surface area contributed by atoms with Gasteiger partial charge in [-0.2, -0.15) is 4.39 Å². The first-order valence-corrected chi connectivity index (χ1v) is 7.29. The maximum absolute atomic E-state index is 12.7. The molecule has 3 N–H and O–H groups in total. The number of hydrogen-bond acceptors (Lipinski definition) is 4. The highest BCUT2D eigenvalue weighted by Crippen LogP contribution is 2.25. The number of aryl methyl sites for hydroxylation is 2. The second kappa shape index (κ2) is 5.09. The van der Waals surface area contributed by atoms with Gasteiger partial charge in [0.25, 0.3) is 10.0 Å². The van der Waals surface area contributed by atoms with E-state index in [1.165, 1.54) is 6.07 Å². The van der Waals surface area contributed by atoms with Crippen molar-refractivity contribution in [2.45, 2.75) is 18.7 Å². The molecule has 0 radical (unpaired) electrons. The Morgan fingerprint density at radius 1 is 1.20 bits per heavy atom. The second-order valence-corrected chi connectivity index (χ2v) is 6.08.